The molecule has 1 heterocycles. The highest BCUT2D eigenvalue weighted by Crippen LogP contribution is 2.31. The number of nitrogen functional groups attached to an aromatic ring is 1. The molecule has 1 rings (SSSR count). The van der Waals surface area contributed by atoms with E-state index in [0.717, 1.165) is 30.3 Å². The lowest BCUT2D eigenvalue weighted by molar-refractivity contribution is 0.539. The summed E-state index contributed by atoms with van der Waals surface area (Å²) in [5, 5.41) is 4.56. The van der Waals surface area contributed by atoms with Crippen LogP contribution >= 0.6 is 0 Å². The fourth-order valence-electron chi connectivity index (χ4n) is 2.22. The van der Waals surface area contributed by atoms with Crippen LogP contribution in [0.15, 0.2) is 0 Å². The highest BCUT2D eigenvalue weighted by Gasteiger charge is 2.20. The molecule has 0 aromatic carbocycles. The third kappa shape index (κ3) is 2.98. The number of anilines is 2. The van der Waals surface area contributed by atoms with Gasteiger partial charge < -0.3 is 10.6 Å². The van der Waals surface area contributed by atoms with Crippen molar-refractivity contribution in [3.8, 4) is 0 Å². The molecule has 1 aromatic rings. The standard InChI is InChI=1S/C14H28N4/c1-7-11(5)9-18(8-2)14-12(15)13(10(3)4)16-17(14)6/h10-11H,7-9,15H2,1-6H3. The van der Waals surface area contributed by atoms with Gasteiger partial charge in [-0.25, -0.2) is 0 Å². The molecule has 0 aliphatic rings. The minimum absolute atomic E-state index is 0.368. The van der Waals surface area contributed by atoms with Crippen molar-refractivity contribution in [1.82, 2.24) is 9.78 Å². The molecule has 0 fully saturated rings. The van der Waals surface area contributed by atoms with Crippen LogP contribution in [0.2, 0.25) is 0 Å². The molecular weight excluding hydrogens is 224 g/mol. The maximum absolute atomic E-state index is 6.27. The van der Waals surface area contributed by atoms with E-state index in [1.807, 2.05) is 11.7 Å². The first-order valence-electron chi connectivity index (χ1n) is 6.99. The second kappa shape index (κ2) is 6.12. The normalized spacial score (nSPS) is 13.1. The lowest BCUT2D eigenvalue weighted by Crippen LogP contribution is -2.30. The topological polar surface area (TPSA) is 47.1 Å². The molecule has 0 radical (unpaired) electrons. The molecule has 0 aliphatic heterocycles. The fraction of sp³-hybridized carbons (Fsp3) is 0.786. The molecule has 0 aliphatic carbocycles. The zero-order valence-electron chi connectivity index (χ0n) is 12.7. The van der Waals surface area contributed by atoms with Crippen molar-refractivity contribution in [2.75, 3.05) is 23.7 Å². The summed E-state index contributed by atoms with van der Waals surface area (Å²) in [5.41, 5.74) is 8.13. The lowest BCUT2D eigenvalue weighted by atomic mass is 10.1. The van der Waals surface area contributed by atoms with E-state index >= 15 is 0 Å². The molecular formula is C14H28N4. The van der Waals surface area contributed by atoms with Gasteiger partial charge in [0, 0.05) is 20.1 Å². The number of nitrogens with zero attached hydrogens (tertiary/aromatic N) is 3. The predicted octanol–water partition coefficient (Wildman–Crippen LogP) is 3.00. The number of aryl methyl sites for hydroxylation is 1. The van der Waals surface area contributed by atoms with E-state index in [2.05, 4.69) is 44.6 Å². The van der Waals surface area contributed by atoms with Crippen LogP contribution in [0.1, 0.15) is 52.7 Å². The molecule has 0 bridgehead atoms. The largest absolute Gasteiger partial charge is 0.394 e. The van der Waals surface area contributed by atoms with Gasteiger partial charge in [-0.2, -0.15) is 5.10 Å². The molecule has 0 saturated carbocycles. The first-order valence-corrected chi connectivity index (χ1v) is 6.99. The molecule has 4 nitrogen and oxygen atoms in total. The van der Waals surface area contributed by atoms with Gasteiger partial charge in [0.15, 0.2) is 0 Å². The van der Waals surface area contributed by atoms with Crippen LogP contribution in [0.25, 0.3) is 0 Å². The van der Waals surface area contributed by atoms with Gasteiger partial charge in [0.1, 0.15) is 5.82 Å². The van der Waals surface area contributed by atoms with E-state index in [1.165, 1.54) is 6.42 Å². The minimum Gasteiger partial charge on any atom is -0.394 e. The Morgan fingerprint density at radius 2 is 1.89 bits per heavy atom. The van der Waals surface area contributed by atoms with Crippen LogP contribution in [0.5, 0.6) is 0 Å². The highest BCUT2D eigenvalue weighted by molar-refractivity contribution is 5.67. The Morgan fingerprint density at radius 3 is 2.28 bits per heavy atom. The van der Waals surface area contributed by atoms with Crippen molar-refractivity contribution in [1.29, 1.82) is 0 Å². The Hall–Kier alpha value is -1.19. The van der Waals surface area contributed by atoms with Gasteiger partial charge in [-0.3, -0.25) is 4.68 Å². The van der Waals surface area contributed by atoms with Gasteiger partial charge in [0.05, 0.1) is 11.4 Å². The van der Waals surface area contributed by atoms with E-state index in [1.54, 1.807) is 0 Å². The Labute approximate surface area is 111 Å². The summed E-state index contributed by atoms with van der Waals surface area (Å²) in [6, 6.07) is 0. The third-order valence-corrected chi connectivity index (χ3v) is 3.54. The van der Waals surface area contributed by atoms with Crippen molar-refractivity contribution in [3.05, 3.63) is 5.69 Å². The monoisotopic (exact) mass is 252 g/mol. The van der Waals surface area contributed by atoms with Crippen LogP contribution in [-0.2, 0) is 7.05 Å². The number of aromatic nitrogens is 2. The zero-order chi connectivity index (χ0) is 13.9. The summed E-state index contributed by atoms with van der Waals surface area (Å²) in [6.07, 6.45) is 1.19. The fourth-order valence-corrected chi connectivity index (χ4v) is 2.22. The quantitative estimate of drug-likeness (QED) is 0.846. The SMILES string of the molecule is CCC(C)CN(CC)c1c(N)c(C(C)C)nn1C. The molecule has 0 spiro atoms. The maximum Gasteiger partial charge on any atom is 0.150 e. The van der Waals surface area contributed by atoms with E-state index in [4.69, 9.17) is 5.73 Å². The predicted molar refractivity (Wildman–Crippen MR) is 79.1 cm³/mol. The van der Waals surface area contributed by atoms with Crippen molar-refractivity contribution >= 4 is 11.5 Å². The molecule has 0 amide bonds. The summed E-state index contributed by atoms with van der Waals surface area (Å²) in [6.45, 7) is 12.9. The van der Waals surface area contributed by atoms with E-state index in [9.17, 15) is 0 Å². The van der Waals surface area contributed by atoms with Crippen LogP contribution in [-0.4, -0.2) is 22.9 Å². The smallest absolute Gasteiger partial charge is 0.150 e. The van der Waals surface area contributed by atoms with Crippen LogP contribution in [0, 0.1) is 5.92 Å². The third-order valence-electron chi connectivity index (χ3n) is 3.54. The number of hydrogen-bond acceptors (Lipinski definition) is 3. The van der Waals surface area contributed by atoms with Crippen molar-refractivity contribution in [2.24, 2.45) is 13.0 Å². The van der Waals surface area contributed by atoms with Crippen molar-refractivity contribution < 1.29 is 0 Å². The molecule has 1 unspecified atom stereocenters. The summed E-state index contributed by atoms with van der Waals surface area (Å²) >= 11 is 0. The van der Waals surface area contributed by atoms with Gasteiger partial charge in [0.25, 0.3) is 0 Å². The van der Waals surface area contributed by atoms with Crippen molar-refractivity contribution in [2.45, 2.75) is 47.0 Å². The Kier molecular flexibility index (Phi) is 5.05. The molecule has 4 heteroatoms. The van der Waals surface area contributed by atoms with Gasteiger partial charge >= 0.3 is 0 Å². The van der Waals surface area contributed by atoms with Gasteiger partial charge in [0.2, 0.25) is 0 Å². The number of nitrogens with two attached hydrogens (primary N) is 1. The second-order valence-corrected chi connectivity index (χ2v) is 5.45. The molecule has 1 aromatic heterocycles. The lowest BCUT2D eigenvalue weighted by Gasteiger charge is -2.26. The van der Waals surface area contributed by atoms with Crippen LogP contribution < -0.4 is 10.6 Å². The Bertz CT molecular complexity index is 381. The average molecular weight is 252 g/mol. The van der Waals surface area contributed by atoms with Crippen LogP contribution in [0.3, 0.4) is 0 Å². The number of hydrogen-bond donors (Lipinski definition) is 1. The summed E-state index contributed by atoms with van der Waals surface area (Å²) in [7, 11) is 1.98. The van der Waals surface area contributed by atoms with Crippen LogP contribution in [0.4, 0.5) is 11.5 Å². The first-order chi connectivity index (χ1) is 8.42. The number of rotatable bonds is 6. The average Bonchev–Trinajstić information content (AvgIpc) is 2.62. The zero-order valence-corrected chi connectivity index (χ0v) is 12.7. The first kappa shape index (κ1) is 14.9. The minimum atomic E-state index is 0.368. The molecule has 104 valence electrons. The van der Waals surface area contributed by atoms with E-state index < -0.39 is 0 Å². The van der Waals surface area contributed by atoms with Gasteiger partial charge in [-0.15, -0.1) is 0 Å². The molecule has 0 saturated heterocycles. The molecule has 18 heavy (non-hydrogen) atoms. The van der Waals surface area contributed by atoms with E-state index in [0.29, 0.717) is 11.8 Å². The molecule has 2 N–H and O–H groups in total. The Balaban J connectivity index is 3.06. The highest BCUT2D eigenvalue weighted by atomic mass is 15.4. The summed E-state index contributed by atoms with van der Waals surface area (Å²) in [5.74, 6) is 2.11. The van der Waals surface area contributed by atoms with Gasteiger partial charge in [-0.1, -0.05) is 34.1 Å². The summed E-state index contributed by atoms with van der Waals surface area (Å²) in [4.78, 5) is 2.34. The maximum atomic E-state index is 6.27. The van der Waals surface area contributed by atoms with Gasteiger partial charge in [-0.05, 0) is 18.8 Å². The molecule has 1 atom stereocenters. The Morgan fingerprint density at radius 1 is 1.28 bits per heavy atom. The van der Waals surface area contributed by atoms with Crippen molar-refractivity contribution in [3.63, 3.8) is 0 Å². The van der Waals surface area contributed by atoms with E-state index in [-0.39, 0.29) is 0 Å². The summed E-state index contributed by atoms with van der Waals surface area (Å²) < 4.78 is 1.93. The second-order valence-electron chi connectivity index (χ2n) is 5.45.